The molecule has 0 aliphatic carbocycles. The second-order valence-corrected chi connectivity index (χ2v) is 7.57. The number of carbonyl (C=O) groups is 1. The molecule has 0 radical (unpaired) electrons. The number of fused-ring (bicyclic) bond motifs is 3. The van der Waals surface area contributed by atoms with Gasteiger partial charge in [-0.25, -0.2) is 14.8 Å². The second-order valence-electron chi connectivity index (χ2n) is 7.57. The number of hydrogen-bond acceptors (Lipinski definition) is 7. The molecule has 2 aromatic heterocycles. The molecule has 8 heteroatoms. The van der Waals surface area contributed by atoms with Crippen LogP contribution >= 0.6 is 0 Å². The maximum atomic E-state index is 12.2. The lowest BCUT2D eigenvalue weighted by molar-refractivity contribution is -0.118. The fourth-order valence-electron chi connectivity index (χ4n) is 3.40. The van der Waals surface area contributed by atoms with Crippen molar-refractivity contribution >= 4 is 22.8 Å². The minimum atomic E-state index is -0.432. The normalized spacial score (nSPS) is 14.7. The minimum Gasteiger partial charge on any atom is -0.487 e. The van der Waals surface area contributed by atoms with Gasteiger partial charge in [0.1, 0.15) is 22.7 Å². The van der Waals surface area contributed by atoms with Gasteiger partial charge in [0.25, 0.3) is 5.91 Å². The molecule has 3 aromatic rings. The number of nitrogens with zero attached hydrogens (tertiary/aromatic N) is 2. The first-order valence-corrected chi connectivity index (χ1v) is 9.31. The van der Waals surface area contributed by atoms with Crippen molar-refractivity contribution in [2.45, 2.75) is 39.2 Å². The highest BCUT2D eigenvalue weighted by atomic mass is 16.5. The summed E-state index contributed by atoms with van der Waals surface area (Å²) in [6.07, 6.45) is 4.58. The van der Waals surface area contributed by atoms with Crippen molar-refractivity contribution in [3.05, 3.63) is 52.1 Å². The average Bonchev–Trinajstić information content (AvgIpc) is 2.65. The molecule has 0 spiro atoms. The standard InChI is InChI=1S/C21H21N3O5/c1-12-9-17(26)28-19-13-5-6-21(2,3)29-14(13)10-15(18(12)19)27-11-16(25)24-20-22-7-4-8-23-20/h4,7-10H,5-6,11H2,1-3H3,(H,22,23,24,25). The van der Waals surface area contributed by atoms with Gasteiger partial charge in [-0.05, 0) is 45.2 Å². The van der Waals surface area contributed by atoms with Crippen molar-refractivity contribution in [1.29, 1.82) is 0 Å². The number of hydrogen-bond donors (Lipinski definition) is 1. The van der Waals surface area contributed by atoms with Crippen molar-refractivity contribution < 1.29 is 18.7 Å². The van der Waals surface area contributed by atoms with E-state index in [9.17, 15) is 9.59 Å². The number of amides is 1. The van der Waals surface area contributed by atoms with E-state index in [1.807, 2.05) is 20.8 Å². The summed E-state index contributed by atoms with van der Waals surface area (Å²) < 4.78 is 17.4. The van der Waals surface area contributed by atoms with Gasteiger partial charge in [-0.2, -0.15) is 0 Å². The maximum Gasteiger partial charge on any atom is 0.336 e. The van der Waals surface area contributed by atoms with Crippen LogP contribution in [0.25, 0.3) is 11.0 Å². The number of benzene rings is 1. The molecule has 29 heavy (non-hydrogen) atoms. The van der Waals surface area contributed by atoms with E-state index < -0.39 is 11.5 Å². The molecular formula is C21H21N3O5. The molecule has 1 amide bonds. The lowest BCUT2D eigenvalue weighted by Crippen LogP contribution is -2.32. The van der Waals surface area contributed by atoms with Crippen LogP contribution in [0.3, 0.4) is 0 Å². The van der Waals surface area contributed by atoms with Gasteiger partial charge < -0.3 is 13.9 Å². The van der Waals surface area contributed by atoms with Crippen molar-refractivity contribution in [1.82, 2.24) is 9.97 Å². The van der Waals surface area contributed by atoms with Crippen LogP contribution in [0.4, 0.5) is 5.95 Å². The van der Waals surface area contributed by atoms with Crippen molar-refractivity contribution in [3.63, 3.8) is 0 Å². The Kier molecular flexibility index (Phi) is 4.70. The highest BCUT2D eigenvalue weighted by Gasteiger charge is 2.30. The van der Waals surface area contributed by atoms with E-state index in [4.69, 9.17) is 13.9 Å². The highest BCUT2D eigenvalue weighted by molar-refractivity contribution is 5.93. The lowest BCUT2D eigenvalue weighted by Gasteiger charge is -2.33. The van der Waals surface area contributed by atoms with E-state index in [0.717, 1.165) is 18.4 Å². The zero-order chi connectivity index (χ0) is 20.6. The van der Waals surface area contributed by atoms with Gasteiger partial charge in [0.15, 0.2) is 6.61 Å². The van der Waals surface area contributed by atoms with E-state index in [0.29, 0.717) is 28.0 Å². The molecule has 3 heterocycles. The number of aryl methyl sites for hydroxylation is 2. The van der Waals surface area contributed by atoms with Crippen LogP contribution in [-0.4, -0.2) is 28.1 Å². The van der Waals surface area contributed by atoms with Crippen LogP contribution in [0.1, 0.15) is 31.4 Å². The first kappa shape index (κ1) is 18.9. The van der Waals surface area contributed by atoms with Crippen LogP contribution in [-0.2, 0) is 11.2 Å². The highest BCUT2D eigenvalue weighted by Crippen LogP contribution is 2.42. The first-order valence-electron chi connectivity index (χ1n) is 9.31. The van der Waals surface area contributed by atoms with Crippen LogP contribution in [0, 0.1) is 6.92 Å². The fraction of sp³-hybridized carbons (Fsp3) is 0.333. The number of ether oxygens (including phenoxy) is 2. The molecule has 0 unspecified atom stereocenters. The molecule has 150 valence electrons. The molecule has 0 fully saturated rings. The molecule has 8 nitrogen and oxygen atoms in total. The molecule has 1 aliphatic heterocycles. The Morgan fingerprint density at radius 1 is 1.28 bits per heavy atom. The zero-order valence-corrected chi connectivity index (χ0v) is 16.4. The van der Waals surface area contributed by atoms with E-state index in [-0.39, 0.29) is 18.2 Å². The van der Waals surface area contributed by atoms with Crippen LogP contribution in [0.15, 0.2) is 39.8 Å². The Bertz CT molecular complexity index is 1140. The van der Waals surface area contributed by atoms with Gasteiger partial charge in [0.05, 0.1) is 5.39 Å². The SMILES string of the molecule is Cc1cc(=O)oc2c3c(cc(OCC(=O)Nc4ncccn4)c12)OC(C)(C)CC3. The molecule has 0 saturated carbocycles. The quantitative estimate of drug-likeness (QED) is 0.677. The monoisotopic (exact) mass is 395 g/mol. The molecule has 1 aromatic carbocycles. The number of aromatic nitrogens is 2. The largest absolute Gasteiger partial charge is 0.487 e. The van der Waals surface area contributed by atoms with Crippen molar-refractivity contribution in [2.75, 3.05) is 11.9 Å². The van der Waals surface area contributed by atoms with Crippen LogP contribution in [0.2, 0.25) is 0 Å². The topological polar surface area (TPSA) is 104 Å². The van der Waals surface area contributed by atoms with Gasteiger partial charge in [-0.1, -0.05) is 0 Å². The summed E-state index contributed by atoms with van der Waals surface area (Å²) in [6, 6.07) is 4.83. The summed E-state index contributed by atoms with van der Waals surface area (Å²) in [6.45, 7) is 5.55. The van der Waals surface area contributed by atoms with Gasteiger partial charge in [0.2, 0.25) is 5.95 Å². The number of carbonyl (C=O) groups excluding carboxylic acids is 1. The molecule has 0 atom stereocenters. The van der Waals surface area contributed by atoms with Gasteiger partial charge >= 0.3 is 5.63 Å². The predicted molar refractivity (Wildman–Crippen MR) is 106 cm³/mol. The fourth-order valence-corrected chi connectivity index (χ4v) is 3.40. The summed E-state index contributed by atoms with van der Waals surface area (Å²) in [5.41, 5.74) is 1.23. The van der Waals surface area contributed by atoms with E-state index in [1.54, 1.807) is 12.1 Å². The second kappa shape index (κ2) is 7.20. The minimum absolute atomic E-state index is 0.198. The number of nitrogens with one attached hydrogen (secondary N) is 1. The van der Waals surface area contributed by atoms with E-state index in [1.165, 1.54) is 18.5 Å². The Morgan fingerprint density at radius 3 is 2.79 bits per heavy atom. The number of rotatable bonds is 4. The van der Waals surface area contributed by atoms with Gasteiger partial charge in [0, 0.05) is 30.1 Å². The molecule has 4 rings (SSSR count). The third-order valence-electron chi connectivity index (χ3n) is 4.78. The average molecular weight is 395 g/mol. The summed E-state index contributed by atoms with van der Waals surface area (Å²) >= 11 is 0. The predicted octanol–water partition coefficient (Wildman–Crippen LogP) is 3.01. The Labute approximate surface area is 166 Å². The van der Waals surface area contributed by atoms with E-state index >= 15 is 0 Å². The lowest BCUT2D eigenvalue weighted by atomic mass is 9.92. The summed E-state index contributed by atoms with van der Waals surface area (Å²) in [7, 11) is 0. The van der Waals surface area contributed by atoms with E-state index in [2.05, 4.69) is 15.3 Å². The molecular weight excluding hydrogens is 374 g/mol. The molecule has 1 aliphatic rings. The maximum absolute atomic E-state index is 12.2. The van der Waals surface area contributed by atoms with Crippen LogP contribution < -0.4 is 20.4 Å². The van der Waals surface area contributed by atoms with Crippen LogP contribution in [0.5, 0.6) is 11.5 Å². The summed E-state index contributed by atoms with van der Waals surface area (Å²) in [4.78, 5) is 32.1. The third-order valence-corrected chi connectivity index (χ3v) is 4.78. The summed E-state index contributed by atoms with van der Waals surface area (Å²) in [5, 5.41) is 3.23. The first-order chi connectivity index (χ1) is 13.8. The van der Waals surface area contributed by atoms with Crippen molar-refractivity contribution in [3.8, 4) is 11.5 Å². The Hall–Kier alpha value is -3.42. The zero-order valence-electron chi connectivity index (χ0n) is 16.4. The molecule has 0 bridgehead atoms. The smallest absolute Gasteiger partial charge is 0.336 e. The van der Waals surface area contributed by atoms with Crippen molar-refractivity contribution in [2.24, 2.45) is 0 Å². The van der Waals surface area contributed by atoms with Gasteiger partial charge in [-0.15, -0.1) is 0 Å². The van der Waals surface area contributed by atoms with Gasteiger partial charge in [-0.3, -0.25) is 10.1 Å². The molecule has 0 saturated heterocycles. The molecule has 1 N–H and O–H groups in total. The summed E-state index contributed by atoms with van der Waals surface area (Å²) in [5.74, 6) is 0.813. The third kappa shape index (κ3) is 3.91. The Balaban J connectivity index is 1.68. The Morgan fingerprint density at radius 2 is 2.03 bits per heavy atom. The number of anilines is 1.